The molecular formula is C12H18N4O. The van der Waals surface area contributed by atoms with E-state index in [9.17, 15) is 4.79 Å². The maximum absolute atomic E-state index is 12.1. The fourth-order valence-corrected chi connectivity index (χ4v) is 2.75. The summed E-state index contributed by atoms with van der Waals surface area (Å²) in [6, 6.07) is 0.453. The third kappa shape index (κ3) is 1.84. The predicted molar refractivity (Wildman–Crippen MR) is 66.0 cm³/mol. The highest BCUT2D eigenvalue weighted by Gasteiger charge is 2.53. The second-order valence-electron chi connectivity index (χ2n) is 4.93. The number of fused-ring (bicyclic) bond motifs is 1. The highest BCUT2D eigenvalue weighted by atomic mass is 16.1. The molecule has 1 aromatic rings. The van der Waals surface area contributed by atoms with Gasteiger partial charge in [-0.15, -0.1) is 0 Å². The van der Waals surface area contributed by atoms with Gasteiger partial charge in [-0.2, -0.15) is 0 Å². The van der Waals surface area contributed by atoms with E-state index in [1.54, 1.807) is 17.0 Å². The topological polar surface area (TPSA) is 59.0 Å². The molecule has 0 aromatic carbocycles. The first-order valence-electron chi connectivity index (χ1n) is 6.34. The first-order valence-corrected chi connectivity index (χ1v) is 6.34. The number of anilines is 1. The van der Waals surface area contributed by atoms with Crippen molar-refractivity contribution in [3.63, 3.8) is 0 Å². The van der Waals surface area contributed by atoms with Gasteiger partial charge < -0.3 is 15.2 Å². The molecule has 2 aliphatic rings. The molecule has 92 valence electrons. The Kier molecular flexibility index (Phi) is 2.63. The molecule has 1 saturated heterocycles. The van der Waals surface area contributed by atoms with Crippen LogP contribution in [0.15, 0.2) is 17.2 Å². The molecule has 2 atom stereocenters. The van der Waals surface area contributed by atoms with E-state index in [1.165, 1.54) is 0 Å². The summed E-state index contributed by atoms with van der Waals surface area (Å²) in [5, 5.41) is 6.64. The monoisotopic (exact) mass is 234 g/mol. The number of aromatic nitrogens is 2. The molecule has 2 unspecified atom stereocenters. The quantitative estimate of drug-likeness (QED) is 0.786. The van der Waals surface area contributed by atoms with Gasteiger partial charge in [0.2, 0.25) is 0 Å². The molecule has 5 nitrogen and oxygen atoms in total. The normalized spacial score (nSPS) is 30.1. The number of hydrogen-bond acceptors (Lipinski definition) is 4. The van der Waals surface area contributed by atoms with E-state index in [-0.39, 0.29) is 5.56 Å². The lowest BCUT2D eigenvalue weighted by atomic mass is 10.4. The molecule has 3 rings (SSSR count). The van der Waals surface area contributed by atoms with Gasteiger partial charge in [0.15, 0.2) is 5.82 Å². The lowest BCUT2D eigenvalue weighted by Gasteiger charge is -2.09. The van der Waals surface area contributed by atoms with Crippen LogP contribution in [0.5, 0.6) is 0 Å². The third-order valence-electron chi connectivity index (χ3n) is 3.77. The van der Waals surface area contributed by atoms with Crippen molar-refractivity contribution in [1.82, 2.24) is 14.9 Å². The van der Waals surface area contributed by atoms with Gasteiger partial charge in [-0.05, 0) is 18.3 Å². The molecule has 1 saturated carbocycles. The summed E-state index contributed by atoms with van der Waals surface area (Å²) in [5.41, 5.74) is 0.00674. The average molecular weight is 234 g/mol. The van der Waals surface area contributed by atoms with E-state index in [1.807, 2.05) is 0 Å². The van der Waals surface area contributed by atoms with Gasteiger partial charge in [-0.1, -0.05) is 6.92 Å². The van der Waals surface area contributed by atoms with Gasteiger partial charge in [0.25, 0.3) is 5.56 Å². The van der Waals surface area contributed by atoms with Crippen molar-refractivity contribution in [2.75, 3.05) is 18.4 Å². The van der Waals surface area contributed by atoms with Crippen LogP contribution in [0, 0.1) is 11.8 Å². The summed E-state index contributed by atoms with van der Waals surface area (Å²) in [6.45, 7) is 4.96. The van der Waals surface area contributed by atoms with Crippen LogP contribution >= 0.6 is 0 Å². The molecular weight excluding hydrogens is 216 g/mol. The second-order valence-corrected chi connectivity index (χ2v) is 4.93. The first kappa shape index (κ1) is 10.8. The lowest BCUT2D eigenvalue weighted by Crippen LogP contribution is -2.28. The van der Waals surface area contributed by atoms with E-state index in [4.69, 9.17) is 0 Å². The Balaban J connectivity index is 1.75. The fraction of sp³-hybridized carbons (Fsp3) is 0.667. The van der Waals surface area contributed by atoms with Crippen molar-refractivity contribution in [2.24, 2.45) is 11.8 Å². The lowest BCUT2D eigenvalue weighted by molar-refractivity contribution is 0.645. The Bertz CT molecular complexity index is 460. The fourth-order valence-electron chi connectivity index (χ4n) is 2.75. The molecule has 17 heavy (non-hydrogen) atoms. The van der Waals surface area contributed by atoms with Crippen LogP contribution in [0.3, 0.4) is 0 Å². The van der Waals surface area contributed by atoms with E-state index < -0.39 is 0 Å². The van der Waals surface area contributed by atoms with Gasteiger partial charge in [-0.3, -0.25) is 4.79 Å². The Morgan fingerprint density at radius 3 is 3.00 bits per heavy atom. The molecule has 0 amide bonds. The van der Waals surface area contributed by atoms with Crippen molar-refractivity contribution in [3.05, 3.63) is 22.7 Å². The zero-order chi connectivity index (χ0) is 11.8. The summed E-state index contributed by atoms with van der Waals surface area (Å²) < 4.78 is 1.73. The van der Waals surface area contributed by atoms with Crippen LogP contribution in [0.1, 0.15) is 13.3 Å². The Morgan fingerprint density at radius 2 is 2.29 bits per heavy atom. The molecule has 2 heterocycles. The summed E-state index contributed by atoms with van der Waals surface area (Å²) in [5.74, 6) is 1.90. The SMILES string of the molecule is CCCn1ccnc(NC2C3CNCC32)c1=O. The average Bonchev–Trinajstić information content (AvgIpc) is 2.75. The minimum absolute atomic E-state index is 0.00674. The first-order chi connectivity index (χ1) is 8.31. The summed E-state index contributed by atoms with van der Waals surface area (Å²) in [6.07, 6.45) is 4.42. The summed E-state index contributed by atoms with van der Waals surface area (Å²) in [4.78, 5) is 16.2. The molecule has 1 aliphatic heterocycles. The van der Waals surface area contributed by atoms with Crippen LogP contribution in [-0.4, -0.2) is 28.7 Å². The third-order valence-corrected chi connectivity index (χ3v) is 3.77. The molecule has 0 spiro atoms. The number of piperidine rings is 1. The Hall–Kier alpha value is -1.36. The smallest absolute Gasteiger partial charge is 0.293 e. The van der Waals surface area contributed by atoms with Gasteiger partial charge in [-0.25, -0.2) is 4.98 Å². The maximum atomic E-state index is 12.1. The van der Waals surface area contributed by atoms with Gasteiger partial charge in [0.1, 0.15) is 0 Å². The second kappa shape index (κ2) is 4.14. The molecule has 1 aliphatic carbocycles. The van der Waals surface area contributed by atoms with E-state index in [2.05, 4.69) is 22.5 Å². The van der Waals surface area contributed by atoms with Gasteiger partial charge >= 0.3 is 0 Å². The van der Waals surface area contributed by atoms with Crippen molar-refractivity contribution in [3.8, 4) is 0 Å². The van der Waals surface area contributed by atoms with Crippen molar-refractivity contribution in [1.29, 1.82) is 0 Å². The maximum Gasteiger partial charge on any atom is 0.293 e. The van der Waals surface area contributed by atoms with Gasteiger partial charge in [0.05, 0.1) is 0 Å². The molecule has 5 heteroatoms. The predicted octanol–water partition coefficient (Wildman–Crippen LogP) is 0.283. The molecule has 2 N–H and O–H groups in total. The largest absolute Gasteiger partial charge is 0.362 e. The van der Waals surface area contributed by atoms with Gasteiger partial charge in [0, 0.05) is 38.1 Å². The van der Waals surface area contributed by atoms with E-state index in [0.717, 1.165) is 26.1 Å². The summed E-state index contributed by atoms with van der Waals surface area (Å²) >= 11 is 0. The van der Waals surface area contributed by atoms with Crippen molar-refractivity contribution >= 4 is 5.82 Å². The van der Waals surface area contributed by atoms with E-state index in [0.29, 0.717) is 23.7 Å². The zero-order valence-electron chi connectivity index (χ0n) is 10.0. The van der Waals surface area contributed by atoms with Crippen LogP contribution < -0.4 is 16.2 Å². The number of rotatable bonds is 4. The highest BCUT2D eigenvalue weighted by Crippen LogP contribution is 2.43. The summed E-state index contributed by atoms with van der Waals surface area (Å²) in [7, 11) is 0. The molecule has 0 radical (unpaired) electrons. The minimum Gasteiger partial charge on any atom is -0.362 e. The zero-order valence-corrected chi connectivity index (χ0v) is 10.0. The molecule has 2 fully saturated rings. The highest BCUT2D eigenvalue weighted by molar-refractivity contribution is 5.37. The number of aryl methyl sites for hydroxylation is 1. The van der Waals surface area contributed by atoms with Crippen LogP contribution in [0.25, 0.3) is 0 Å². The van der Waals surface area contributed by atoms with Crippen molar-refractivity contribution in [2.45, 2.75) is 25.9 Å². The minimum atomic E-state index is 0.00674. The standard InChI is InChI=1S/C12H18N4O/c1-2-4-16-5-3-14-11(12(16)17)15-10-8-6-13-7-9(8)10/h3,5,8-10,13H,2,4,6-7H2,1H3,(H,14,15). The van der Waals surface area contributed by atoms with E-state index >= 15 is 0 Å². The number of nitrogens with zero attached hydrogens (tertiary/aromatic N) is 2. The molecule has 0 bridgehead atoms. The number of nitrogens with one attached hydrogen (secondary N) is 2. The van der Waals surface area contributed by atoms with Crippen LogP contribution in [0.2, 0.25) is 0 Å². The Labute approximate surface area is 100 Å². The van der Waals surface area contributed by atoms with Crippen LogP contribution in [-0.2, 0) is 6.54 Å². The van der Waals surface area contributed by atoms with Crippen molar-refractivity contribution < 1.29 is 0 Å². The Morgan fingerprint density at radius 1 is 1.53 bits per heavy atom. The number of hydrogen-bond donors (Lipinski definition) is 2. The molecule has 1 aromatic heterocycles. The van der Waals surface area contributed by atoms with Crippen LogP contribution in [0.4, 0.5) is 5.82 Å².